The summed E-state index contributed by atoms with van der Waals surface area (Å²) in [6.45, 7) is 1.81. The van der Waals surface area contributed by atoms with Crippen LogP contribution in [0.15, 0.2) is 23.6 Å². The fraction of sp³-hybridized carbons (Fsp3) is 0.579. The predicted molar refractivity (Wildman–Crippen MR) is 103 cm³/mol. The molecule has 7 heteroatoms. The van der Waals surface area contributed by atoms with Gasteiger partial charge >= 0.3 is 0 Å². The molecule has 4 rings (SSSR count). The van der Waals surface area contributed by atoms with Gasteiger partial charge < -0.3 is 19.8 Å². The Morgan fingerprint density at radius 3 is 2.88 bits per heavy atom. The van der Waals surface area contributed by atoms with Gasteiger partial charge in [-0.15, -0.1) is 0 Å². The first-order valence-electron chi connectivity index (χ1n) is 9.36. The molecule has 0 unspecified atom stereocenters. The fourth-order valence-corrected chi connectivity index (χ4v) is 4.58. The van der Waals surface area contributed by atoms with Crippen LogP contribution < -0.4 is 4.90 Å². The molecule has 0 radical (unpaired) electrons. The topological polar surface area (TPSA) is 77.5 Å². The summed E-state index contributed by atoms with van der Waals surface area (Å²) in [6, 6.07) is 2.51. The number of nitrogens with one attached hydrogen (secondary N) is 1. The Kier molecular flexibility index (Phi) is 4.61. The predicted octanol–water partition coefficient (Wildman–Crippen LogP) is 2.11. The average molecular weight is 354 g/mol. The number of amides is 1. The second-order valence-electron chi connectivity index (χ2n) is 7.47. The minimum atomic E-state index is 0.272. The normalized spacial score (nSPS) is 25.3. The molecule has 26 heavy (non-hydrogen) atoms. The second-order valence-corrected chi connectivity index (χ2v) is 7.47. The molecule has 1 amide bonds. The number of nitrogens with zero attached hydrogens (tertiary/aromatic N) is 5. The lowest BCUT2D eigenvalue weighted by Gasteiger charge is -2.28. The summed E-state index contributed by atoms with van der Waals surface area (Å²) < 4.78 is 0. The van der Waals surface area contributed by atoms with E-state index in [2.05, 4.69) is 36.8 Å². The molecule has 1 aliphatic heterocycles. The third kappa shape index (κ3) is 3.06. The molecule has 3 atom stereocenters. The third-order valence-electron chi connectivity index (χ3n) is 5.96. The van der Waals surface area contributed by atoms with Crippen molar-refractivity contribution < 1.29 is 4.79 Å². The molecule has 7 nitrogen and oxygen atoms in total. The largest absolute Gasteiger partial charge is 0.356 e. The number of hydrogen-bond donors (Lipinski definition) is 1. The summed E-state index contributed by atoms with van der Waals surface area (Å²) in [6.07, 6.45) is 8.92. The molecule has 138 valence electrons. The number of hydrogen-bond acceptors (Lipinski definition) is 5. The lowest BCUT2D eigenvalue weighted by molar-refractivity contribution is -0.130. The Morgan fingerprint density at radius 2 is 2.15 bits per heavy atom. The van der Waals surface area contributed by atoms with Crippen molar-refractivity contribution in [3.63, 3.8) is 0 Å². The van der Waals surface area contributed by atoms with Gasteiger partial charge in [0.15, 0.2) is 0 Å². The Balaban J connectivity index is 1.39. The van der Waals surface area contributed by atoms with Crippen LogP contribution in [0, 0.1) is 11.8 Å². The summed E-state index contributed by atoms with van der Waals surface area (Å²) in [4.78, 5) is 32.6. The van der Waals surface area contributed by atoms with Crippen LogP contribution in [-0.4, -0.2) is 65.2 Å². The molecule has 1 saturated carbocycles. The van der Waals surface area contributed by atoms with Crippen molar-refractivity contribution in [2.45, 2.75) is 31.7 Å². The van der Waals surface area contributed by atoms with Crippen LogP contribution in [0.25, 0.3) is 11.0 Å². The summed E-state index contributed by atoms with van der Waals surface area (Å²) in [5, 5.41) is 1.07. The van der Waals surface area contributed by atoms with Gasteiger partial charge in [0, 0.05) is 45.8 Å². The Bertz CT molecular complexity index is 801. The molecule has 2 fully saturated rings. The van der Waals surface area contributed by atoms with E-state index in [-0.39, 0.29) is 5.91 Å². The maximum atomic E-state index is 12.3. The van der Waals surface area contributed by atoms with E-state index in [0.717, 1.165) is 49.2 Å². The van der Waals surface area contributed by atoms with Crippen molar-refractivity contribution in [2.75, 3.05) is 32.1 Å². The average Bonchev–Trinajstić information content (AvgIpc) is 3.34. The van der Waals surface area contributed by atoms with Crippen molar-refractivity contribution in [3.8, 4) is 0 Å². The van der Waals surface area contributed by atoms with Crippen LogP contribution in [0.3, 0.4) is 0 Å². The number of carbonyl (C=O) groups excluding carboxylic acids is 1. The standard InChI is InChI=1S/C19H26N6O/c1-20-6-3-4-17(26)25-10-13-8-15(9-14(13)11-25)24(2)19-16-5-7-21-18(16)22-12-23-19/h5-7,12-15H,3-4,8-11H2,1-2H3,(H,21,22,23)/b20-6-/t13-,14+,15-. The Morgan fingerprint density at radius 1 is 1.38 bits per heavy atom. The van der Waals surface area contributed by atoms with Gasteiger partial charge in [-0.2, -0.15) is 0 Å². The van der Waals surface area contributed by atoms with E-state index in [1.807, 2.05) is 18.5 Å². The SMILES string of the molecule is C/N=C\CCC(=O)N1C[C@H]2C[C@@H](N(C)c3ncnc4[nH]ccc34)C[C@H]2C1. The Labute approximate surface area is 153 Å². The second kappa shape index (κ2) is 7.05. The number of carbonyl (C=O) groups is 1. The Hall–Kier alpha value is -2.44. The smallest absolute Gasteiger partial charge is 0.222 e. The van der Waals surface area contributed by atoms with Crippen LogP contribution in [-0.2, 0) is 4.79 Å². The quantitative estimate of drug-likeness (QED) is 0.834. The van der Waals surface area contributed by atoms with Crippen LogP contribution in [0.5, 0.6) is 0 Å². The zero-order chi connectivity index (χ0) is 18.1. The van der Waals surface area contributed by atoms with Gasteiger partial charge in [-0.05, 0) is 43.4 Å². The first-order valence-corrected chi connectivity index (χ1v) is 9.36. The van der Waals surface area contributed by atoms with Crippen molar-refractivity contribution in [2.24, 2.45) is 16.8 Å². The van der Waals surface area contributed by atoms with Crippen LogP contribution in [0.4, 0.5) is 5.82 Å². The fourth-order valence-electron chi connectivity index (χ4n) is 4.58. The molecule has 1 N–H and O–H groups in total. The molecule has 2 aromatic heterocycles. The zero-order valence-corrected chi connectivity index (χ0v) is 15.4. The summed E-state index contributed by atoms with van der Waals surface area (Å²) in [7, 11) is 3.88. The number of H-pyrrole nitrogens is 1. The molecule has 0 aromatic carbocycles. The van der Waals surface area contributed by atoms with E-state index < -0.39 is 0 Å². The maximum Gasteiger partial charge on any atom is 0.222 e. The van der Waals surface area contributed by atoms with Crippen molar-refractivity contribution >= 4 is 29.0 Å². The van der Waals surface area contributed by atoms with Gasteiger partial charge in [-0.25, -0.2) is 9.97 Å². The van der Waals surface area contributed by atoms with E-state index in [1.165, 1.54) is 0 Å². The highest BCUT2D eigenvalue weighted by atomic mass is 16.2. The first kappa shape index (κ1) is 17.0. The molecule has 0 bridgehead atoms. The lowest BCUT2D eigenvalue weighted by Crippen LogP contribution is -2.34. The number of rotatable bonds is 5. The number of aromatic amines is 1. The molecular weight excluding hydrogens is 328 g/mol. The van der Waals surface area contributed by atoms with Crippen molar-refractivity contribution in [1.29, 1.82) is 0 Å². The first-order chi connectivity index (χ1) is 12.7. The highest BCUT2D eigenvalue weighted by Gasteiger charge is 2.43. The molecule has 1 aliphatic carbocycles. The number of likely N-dealkylation sites (tertiary alicyclic amines) is 1. The summed E-state index contributed by atoms with van der Waals surface area (Å²) >= 11 is 0. The molecular formula is C19H26N6O. The lowest BCUT2D eigenvalue weighted by atomic mass is 10.0. The van der Waals surface area contributed by atoms with E-state index in [1.54, 1.807) is 13.4 Å². The van der Waals surface area contributed by atoms with E-state index >= 15 is 0 Å². The number of aliphatic imine (C=N–C) groups is 1. The van der Waals surface area contributed by atoms with Gasteiger partial charge in [0.05, 0.1) is 5.39 Å². The molecule has 3 heterocycles. The van der Waals surface area contributed by atoms with Crippen LogP contribution in [0.2, 0.25) is 0 Å². The van der Waals surface area contributed by atoms with Crippen LogP contribution >= 0.6 is 0 Å². The highest BCUT2D eigenvalue weighted by molar-refractivity contribution is 5.87. The minimum Gasteiger partial charge on any atom is -0.356 e. The van der Waals surface area contributed by atoms with Crippen molar-refractivity contribution in [1.82, 2.24) is 19.9 Å². The summed E-state index contributed by atoms with van der Waals surface area (Å²) in [5.41, 5.74) is 0.882. The van der Waals surface area contributed by atoms with Gasteiger partial charge in [0.2, 0.25) is 5.91 Å². The highest BCUT2D eigenvalue weighted by Crippen LogP contribution is 2.41. The van der Waals surface area contributed by atoms with Gasteiger partial charge in [-0.3, -0.25) is 4.79 Å². The van der Waals surface area contributed by atoms with Gasteiger partial charge in [-0.1, -0.05) is 0 Å². The van der Waals surface area contributed by atoms with Gasteiger partial charge in [0.25, 0.3) is 0 Å². The zero-order valence-electron chi connectivity index (χ0n) is 15.4. The molecule has 0 spiro atoms. The summed E-state index contributed by atoms with van der Waals surface area (Å²) in [5.74, 6) is 2.48. The van der Waals surface area contributed by atoms with E-state index in [9.17, 15) is 4.79 Å². The minimum absolute atomic E-state index is 0.272. The molecule has 2 aliphatic rings. The van der Waals surface area contributed by atoms with Crippen molar-refractivity contribution in [3.05, 3.63) is 18.6 Å². The number of anilines is 1. The number of aromatic nitrogens is 3. The molecule has 1 saturated heterocycles. The van der Waals surface area contributed by atoms with E-state index in [0.29, 0.717) is 24.3 Å². The molecule has 2 aromatic rings. The number of fused-ring (bicyclic) bond motifs is 2. The van der Waals surface area contributed by atoms with Gasteiger partial charge in [0.1, 0.15) is 17.8 Å². The van der Waals surface area contributed by atoms with E-state index in [4.69, 9.17) is 0 Å². The third-order valence-corrected chi connectivity index (χ3v) is 5.96. The monoisotopic (exact) mass is 354 g/mol. The van der Waals surface area contributed by atoms with Crippen LogP contribution in [0.1, 0.15) is 25.7 Å². The maximum absolute atomic E-state index is 12.3.